The minimum Gasteiger partial charge on any atom is -0.326 e. The SMILES string of the molecule is CCSc1ccc(CC(=O)Nc2ccc(C(C)(C)C(=O)N3CCc4cccnc43)cc2)cc1. The van der Waals surface area contributed by atoms with E-state index >= 15 is 0 Å². The highest BCUT2D eigenvalue weighted by molar-refractivity contribution is 7.99. The van der Waals surface area contributed by atoms with Crippen molar-refractivity contribution in [2.24, 2.45) is 0 Å². The number of carbonyl (C=O) groups is 2. The van der Waals surface area contributed by atoms with Gasteiger partial charge in [0.25, 0.3) is 0 Å². The summed E-state index contributed by atoms with van der Waals surface area (Å²) in [4.78, 5) is 33.3. The van der Waals surface area contributed by atoms with Crippen LogP contribution in [0.3, 0.4) is 0 Å². The lowest BCUT2D eigenvalue weighted by Crippen LogP contribution is -2.43. The number of fused-ring (bicyclic) bond motifs is 1. The van der Waals surface area contributed by atoms with Gasteiger partial charge in [-0.2, -0.15) is 0 Å². The van der Waals surface area contributed by atoms with Crippen LogP contribution in [0, 0.1) is 0 Å². The van der Waals surface area contributed by atoms with Crippen molar-refractivity contribution in [1.29, 1.82) is 0 Å². The average molecular weight is 460 g/mol. The Morgan fingerprint density at radius 2 is 1.79 bits per heavy atom. The van der Waals surface area contributed by atoms with Gasteiger partial charge >= 0.3 is 0 Å². The van der Waals surface area contributed by atoms with Crippen molar-refractivity contribution in [3.8, 4) is 0 Å². The monoisotopic (exact) mass is 459 g/mol. The first-order chi connectivity index (χ1) is 15.9. The van der Waals surface area contributed by atoms with E-state index in [1.54, 1.807) is 22.9 Å². The maximum Gasteiger partial charge on any atom is 0.238 e. The molecule has 1 aliphatic rings. The summed E-state index contributed by atoms with van der Waals surface area (Å²) in [6.07, 6.45) is 2.88. The van der Waals surface area contributed by atoms with Crippen LogP contribution < -0.4 is 10.2 Å². The Labute approximate surface area is 199 Å². The molecule has 2 amide bonds. The van der Waals surface area contributed by atoms with Crippen LogP contribution in [-0.2, 0) is 27.8 Å². The second-order valence-electron chi connectivity index (χ2n) is 8.70. The summed E-state index contributed by atoms with van der Waals surface area (Å²) in [6, 6.07) is 19.6. The lowest BCUT2D eigenvalue weighted by atomic mass is 9.83. The van der Waals surface area contributed by atoms with Gasteiger partial charge in [-0.05, 0) is 73.0 Å². The summed E-state index contributed by atoms with van der Waals surface area (Å²) in [5.41, 5.74) is 3.01. The van der Waals surface area contributed by atoms with Crippen molar-refractivity contribution in [3.63, 3.8) is 0 Å². The Kier molecular flexibility index (Phi) is 6.84. The fraction of sp³-hybridized carbons (Fsp3) is 0.296. The molecule has 33 heavy (non-hydrogen) atoms. The minimum atomic E-state index is -0.708. The van der Waals surface area contributed by atoms with Gasteiger partial charge in [0.2, 0.25) is 11.8 Å². The van der Waals surface area contributed by atoms with E-state index in [0.717, 1.165) is 40.4 Å². The summed E-state index contributed by atoms with van der Waals surface area (Å²) < 4.78 is 0. The normalized spacial score (nSPS) is 13.0. The first-order valence-electron chi connectivity index (χ1n) is 11.3. The zero-order valence-corrected chi connectivity index (χ0v) is 20.1. The van der Waals surface area contributed by atoms with Crippen LogP contribution in [0.1, 0.15) is 37.5 Å². The molecule has 6 heteroatoms. The summed E-state index contributed by atoms with van der Waals surface area (Å²) in [6.45, 7) is 6.65. The van der Waals surface area contributed by atoms with Gasteiger partial charge < -0.3 is 5.32 Å². The first-order valence-corrected chi connectivity index (χ1v) is 12.2. The van der Waals surface area contributed by atoms with Crippen LogP contribution in [0.5, 0.6) is 0 Å². The van der Waals surface area contributed by atoms with Crippen LogP contribution in [0.25, 0.3) is 0 Å². The Morgan fingerprint density at radius 3 is 2.48 bits per heavy atom. The molecule has 3 aromatic rings. The second kappa shape index (κ2) is 9.79. The Bertz CT molecular complexity index is 1140. The van der Waals surface area contributed by atoms with E-state index in [9.17, 15) is 9.59 Å². The molecular formula is C27H29N3O2S. The van der Waals surface area contributed by atoms with Gasteiger partial charge in [0.15, 0.2) is 0 Å². The first kappa shape index (κ1) is 23.1. The van der Waals surface area contributed by atoms with Crippen LogP contribution >= 0.6 is 11.8 Å². The average Bonchev–Trinajstić information content (AvgIpc) is 3.24. The van der Waals surface area contributed by atoms with Gasteiger partial charge in [0.1, 0.15) is 5.82 Å². The van der Waals surface area contributed by atoms with E-state index in [2.05, 4.69) is 29.4 Å². The lowest BCUT2D eigenvalue weighted by molar-refractivity contribution is -0.123. The van der Waals surface area contributed by atoms with Gasteiger partial charge in [0, 0.05) is 23.3 Å². The molecule has 0 bridgehead atoms. The molecule has 0 unspecified atom stereocenters. The second-order valence-corrected chi connectivity index (χ2v) is 10.0. The number of amides is 2. The Morgan fingerprint density at radius 1 is 1.06 bits per heavy atom. The Hall–Kier alpha value is -3.12. The van der Waals surface area contributed by atoms with E-state index in [1.165, 1.54) is 4.90 Å². The van der Waals surface area contributed by atoms with Crippen molar-refractivity contribution in [1.82, 2.24) is 4.98 Å². The largest absolute Gasteiger partial charge is 0.326 e. The van der Waals surface area contributed by atoms with Gasteiger partial charge in [-0.3, -0.25) is 14.5 Å². The molecule has 0 aliphatic carbocycles. The number of hydrogen-bond acceptors (Lipinski definition) is 4. The van der Waals surface area contributed by atoms with E-state index in [0.29, 0.717) is 13.0 Å². The predicted octanol–water partition coefficient (Wildman–Crippen LogP) is 5.24. The van der Waals surface area contributed by atoms with Crippen LogP contribution in [0.15, 0.2) is 71.8 Å². The molecule has 1 aliphatic heterocycles. The third-order valence-corrected chi connectivity index (χ3v) is 6.89. The standard InChI is InChI=1S/C27H29N3O2S/c1-4-33-23-13-7-19(8-14-23)18-24(31)29-22-11-9-21(10-12-22)27(2,3)26(32)30-17-15-20-6-5-16-28-25(20)30/h5-14,16H,4,15,17-18H2,1-3H3,(H,29,31). The number of thioether (sulfide) groups is 1. The van der Waals surface area contributed by atoms with Crippen molar-refractivity contribution < 1.29 is 9.59 Å². The molecule has 2 heterocycles. The number of nitrogens with zero attached hydrogens (tertiary/aromatic N) is 2. The highest BCUT2D eigenvalue weighted by Crippen LogP contribution is 2.33. The molecule has 170 valence electrons. The van der Waals surface area contributed by atoms with Gasteiger partial charge in [0.05, 0.1) is 11.8 Å². The molecule has 1 N–H and O–H groups in total. The molecule has 2 aromatic carbocycles. The third kappa shape index (κ3) is 5.11. The number of benzene rings is 2. The van der Waals surface area contributed by atoms with E-state index < -0.39 is 5.41 Å². The topological polar surface area (TPSA) is 62.3 Å². The molecule has 4 rings (SSSR count). The zero-order chi connectivity index (χ0) is 23.4. The number of anilines is 2. The summed E-state index contributed by atoms with van der Waals surface area (Å²) in [7, 11) is 0. The number of pyridine rings is 1. The molecular weight excluding hydrogens is 430 g/mol. The molecule has 1 aromatic heterocycles. The fourth-order valence-corrected chi connectivity index (χ4v) is 4.76. The summed E-state index contributed by atoms with van der Waals surface area (Å²) in [5.74, 6) is 1.76. The maximum atomic E-state index is 13.4. The molecule has 0 saturated heterocycles. The number of carbonyl (C=O) groups excluding carboxylic acids is 2. The smallest absolute Gasteiger partial charge is 0.238 e. The van der Waals surface area contributed by atoms with E-state index in [4.69, 9.17) is 0 Å². The summed E-state index contributed by atoms with van der Waals surface area (Å²) in [5, 5.41) is 2.96. The number of rotatable bonds is 7. The highest BCUT2D eigenvalue weighted by atomic mass is 32.2. The lowest BCUT2D eigenvalue weighted by Gasteiger charge is -2.29. The minimum absolute atomic E-state index is 0.0291. The van der Waals surface area contributed by atoms with Crippen LogP contribution in [0.4, 0.5) is 11.5 Å². The van der Waals surface area contributed by atoms with Gasteiger partial charge in [-0.15, -0.1) is 11.8 Å². The number of nitrogens with one attached hydrogen (secondary N) is 1. The van der Waals surface area contributed by atoms with Crippen LogP contribution in [-0.4, -0.2) is 29.1 Å². The van der Waals surface area contributed by atoms with E-state index in [-0.39, 0.29) is 11.8 Å². The molecule has 0 fully saturated rings. The summed E-state index contributed by atoms with van der Waals surface area (Å²) >= 11 is 1.78. The molecule has 0 saturated carbocycles. The third-order valence-electron chi connectivity index (χ3n) is 6.00. The van der Waals surface area contributed by atoms with E-state index in [1.807, 2.05) is 62.4 Å². The fourth-order valence-electron chi connectivity index (χ4n) is 4.10. The van der Waals surface area contributed by atoms with Gasteiger partial charge in [-0.25, -0.2) is 4.98 Å². The molecule has 5 nitrogen and oxygen atoms in total. The van der Waals surface area contributed by atoms with Crippen molar-refractivity contribution >= 4 is 35.1 Å². The quantitative estimate of drug-likeness (QED) is 0.491. The maximum absolute atomic E-state index is 13.4. The highest BCUT2D eigenvalue weighted by Gasteiger charge is 2.37. The zero-order valence-electron chi connectivity index (χ0n) is 19.3. The van der Waals surface area contributed by atoms with Gasteiger partial charge in [-0.1, -0.05) is 37.3 Å². The van der Waals surface area contributed by atoms with Crippen molar-refractivity contribution in [2.45, 2.75) is 43.9 Å². The van der Waals surface area contributed by atoms with Crippen molar-refractivity contribution in [2.75, 3.05) is 22.5 Å². The molecule has 0 atom stereocenters. The molecule has 0 spiro atoms. The van der Waals surface area contributed by atoms with Crippen molar-refractivity contribution in [3.05, 3.63) is 83.6 Å². The molecule has 0 radical (unpaired) electrons. The Balaban J connectivity index is 1.40. The number of hydrogen-bond donors (Lipinski definition) is 1. The van der Waals surface area contributed by atoms with Crippen LogP contribution in [0.2, 0.25) is 0 Å². The number of aromatic nitrogens is 1. The predicted molar refractivity (Wildman–Crippen MR) is 135 cm³/mol.